The molecule has 1 amide bonds. The zero-order chi connectivity index (χ0) is 16.8. The Morgan fingerprint density at radius 1 is 1.41 bits per heavy atom. The summed E-state index contributed by atoms with van der Waals surface area (Å²) in [6, 6.07) is 4.94. The lowest BCUT2D eigenvalue weighted by Gasteiger charge is -2.24. The van der Waals surface area contributed by atoms with Crippen molar-refractivity contribution in [1.82, 2.24) is 0 Å². The summed E-state index contributed by atoms with van der Waals surface area (Å²) >= 11 is 0. The SMILES string of the molecule is CC(C)(C)OC(=O)Nc1ccc(O)cc1C1(CN)CC1(C)C. The van der Waals surface area contributed by atoms with Gasteiger partial charge in [0.25, 0.3) is 0 Å². The van der Waals surface area contributed by atoms with E-state index in [0.717, 1.165) is 12.0 Å². The van der Waals surface area contributed by atoms with E-state index in [1.165, 1.54) is 0 Å². The monoisotopic (exact) mass is 306 g/mol. The van der Waals surface area contributed by atoms with Crippen LogP contribution in [0.5, 0.6) is 5.75 Å². The molecule has 1 unspecified atom stereocenters. The lowest BCUT2D eigenvalue weighted by atomic mass is 9.86. The van der Waals surface area contributed by atoms with E-state index in [0.29, 0.717) is 12.2 Å². The second-order valence-electron chi connectivity index (χ2n) is 7.70. The summed E-state index contributed by atoms with van der Waals surface area (Å²) in [6.07, 6.45) is 0.410. The van der Waals surface area contributed by atoms with Gasteiger partial charge >= 0.3 is 6.09 Å². The predicted molar refractivity (Wildman–Crippen MR) is 87.1 cm³/mol. The van der Waals surface area contributed by atoms with E-state index in [1.54, 1.807) is 18.2 Å². The summed E-state index contributed by atoms with van der Waals surface area (Å²) in [5.74, 6) is 0.167. The van der Waals surface area contributed by atoms with Crippen LogP contribution < -0.4 is 11.1 Å². The number of hydrogen-bond donors (Lipinski definition) is 3. The highest BCUT2D eigenvalue weighted by molar-refractivity contribution is 5.87. The summed E-state index contributed by atoms with van der Waals surface area (Å²) in [5, 5.41) is 12.6. The molecule has 0 bridgehead atoms. The van der Waals surface area contributed by atoms with Gasteiger partial charge in [0.05, 0.1) is 0 Å². The number of nitrogens with two attached hydrogens (primary N) is 1. The fourth-order valence-electron chi connectivity index (χ4n) is 3.08. The van der Waals surface area contributed by atoms with E-state index < -0.39 is 11.7 Å². The number of nitrogens with one attached hydrogen (secondary N) is 1. The van der Waals surface area contributed by atoms with Gasteiger partial charge in [0.15, 0.2) is 0 Å². The highest BCUT2D eigenvalue weighted by Crippen LogP contribution is 2.65. The first kappa shape index (κ1) is 16.6. The summed E-state index contributed by atoms with van der Waals surface area (Å²) in [4.78, 5) is 12.0. The molecule has 0 radical (unpaired) electrons. The van der Waals surface area contributed by atoms with Crippen LogP contribution in [0, 0.1) is 5.41 Å². The zero-order valence-electron chi connectivity index (χ0n) is 14.0. The normalized spacial score (nSPS) is 23.0. The van der Waals surface area contributed by atoms with Gasteiger partial charge in [-0.2, -0.15) is 0 Å². The van der Waals surface area contributed by atoms with Crippen LogP contribution in [0.15, 0.2) is 18.2 Å². The standard InChI is InChI=1S/C17H26N2O3/c1-15(2,3)22-14(21)19-13-7-6-11(20)8-12(13)17(10-18)9-16(17,4)5/h6-8,20H,9-10,18H2,1-5H3,(H,19,21). The average Bonchev–Trinajstić information content (AvgIpc) is 2.92. The zero-order valence-corrected chi connectivity index (χ0v) is 14.0. The number of carbonyl (C=O) groups is 1. The molecule has 122 valence electrons. The molecular weight excluding hydrogens is 280 g/mol. The van der Waals surface area contributed by atoms with Gasteiger partial charge in [-0.05, 0) is 56.4 Å². The molecule has 1 aliphatic rings. The van der Waals surface area contributed by atoms with E-state index in [9.17, 15) is 9.90 Å². The van der Waals surface area contributed by atoms with Crippen LogP contribution in [0.4, 0.5) is 10.5 Å². The van der Waals surface area contributed by atoms with Gasteiger partial charge in [0, 0.05) is 17.6 Å². The number of aromatic hydroxyl groups is 1. The maximum atomic E-state index is 12.0. The Hall–Kier alpha value is -1.75. The molecule has 1 fully saturated rings. The minimum atomic E-state index is -0.564. The van der Waals surface area contributed by atoms with Crippen LogP contribution in [0.2, 0.25) is 0 Å². The summed E-state index contributed by atoms with van der Waals surface area (Å²) in [7, 11) is 0. The van der Waals surface area contributed by atoms with E-state index in [-0.39, 0.29) is 16.6 Å². The second kappa shape index (κ2) is 5.16. The van der Waals surface area contributed by atoms with Crippen molar-refractivity contribution in [3.8, 4) is 5.75 Å². The number of hydrogen-bond acceptors (Lipinski definition) is 4. The summed E-state index contributed by atoms with van der Waals surface area (Å²) in [6.45, 7) is 10.2. The first-order chi connectivity index (χ1) is 10.0. The molecule has 1 aromatic carbocycles. The number of carbonyl (C=O) groups excluding carboxylic acids is 1. The fraction of sp³-hybridized carbons (Fsp3) is 0.588. The van der Waals surface area contributed by atoms with Crippen molar-refractivity contribution in [2.24, 2.45) is 11.1 Å². The molecule has 0 aliphatic heterocycles. The van der Waals surface area contributed by atoms with Crippen LogP contribution >= 0.6 is 0 Å². The van der Waals surface area contributed by atoms with Gasteiger partial charge in [0.1, 0.15) is 11.4 Å². The van der Waals surface area contributed by atoms with Crippen LogP contribution in [0.25, 0.3) is 0 Å². The number of anilines is 1. The largest absolute Gasteiger partial charge is 0.508 e. The van der Waals surface area contributed by atoms with Gasteiger partial charge < -0.3 is 15.6 Å². The maximum Gasteiger partial charge on any atom is 0.412 e. The Morgan fingerprint density at radius 2 is 2.00 bits per heavy atom. The predicted octanol–water partition coefficient (Wildman–Crippen LogP) is 3.37. The maximum absolute atomic E-state index is 12.0. The van der Waals surface area contributed by atoms with E-state index in [1.807, 2.05) is 20.8 Å². The molecule has 5 nitrogen and oxygen atoms in total. The van der Waals surface area contributed by atoms with Crippen LogP contribution in [0.3, 0.4) is 0 Å². The van der Waals surface area contributed by atoms with Crippen LogP contribution in [-0.4, -0.2) is 23.3 Å². The van der Waals surface area contributed by atoms with Gasteiger partial charge in [0.2, 0.25) is 0 Å². The Kier molecular flexibility index (Phi) is 3.90. The first-order valence-electron chi connectivity index (χ1n) is 7.54. The highest BCUT2D eigenvalue weighted by atomic mass is 16.6. The van der Waals surface area contributed by atoms with Crippen molar-refractivity contribution in [3.63, 3.8) is 0 Å². The van der Waals surface area contributed by atoms with Crippen molar-refractivity contribution in [2.75, 3.05) is 11.9 Å². The first-order valence-corrected chi connectivity index (χ1v) is 7.54. The van der Waals surface area contributed by atoms with Crippen LogP contribution in [-0.2, 0) is 10.2 Å². The molecule has 0 spiro atoms. The third-order valence-electron chi connectivity index (χ3n) is 4.42. The highest BCUT2D eigenvalue weighted by Gasteiger charge is 2.61. The molecule has 1 atom stereocenters. The van der Waals surface area contributed by atoms with E-state index in [4.69, 9.17) is 10.5 Å². The Labute approximate surface area is 131 Å². The lowest BCUT2D eigenvalue weighted by molar-refractivity contribution is 0.0635. The summed E-state index contributed by atoms with van der Waals surface area (Å²) < 4.78 is 5.30. The number of phenols is 1. The number of ether oxygens (including phenoxy) is 1. The van der Waals surface area contributed by atoms with Gasteiger partial charge in [-0.3, -0.25) is 5.32 Å². The molecule has 1 aromatic rings. The van der Waals surface area contributed by atoms with Gasteiger partial charge in [-0.15, -0.1) is 0 Å². The van der Waals surface area contributed by atoms with Crippen molar-refractivity contribution in [1.29, 1.82) is 0 Å². The number of phenolic OH excluding ortho intramolecular Hbond substituents is 1. The topological polar surface area (TPSA) is 84.6 Å². The molecular formula is C17H26N2O3. The number of benzene rings is 1. The minimum absolute atomic E-state index is 0.0416. The molecule has 0 heterocycles. The van der Waals surface area contributed by atoms with Crippen molar-refractivity contribution in [2.45, 2.75) is 52.1 Å². The number of rotatable bonds is 3. The third kappa shape index (κ3) is 3.04. The molecule has 5 heteroatoms. The van der Waals surface area contributed by atoms with Crippen molar-refractivity contribution in [3.05, 3.63) is 23.8 Å². The van der Waals surface area contributed by atoms with Crippen molar-refractivity contribution >= 4 is 11.8 Å². The quantitative estimate of drug-likeness (QED) is 0.748. The molecule has 22 heavy (non-hydrogen) atoms. The molecule has 0 aromatic heterocycles. The summed E-state index contributed by atoms with van der Waals surface area (Å²) in [5.41, 5.74) is 6.76. The molecule has 0 saturated heterocycles. The molecule has 1 saturated carbocycles. The number of amides is 1. The fourth-order valence-corrected chi connectivity index (χ4v) is 3.08. The van der Waals surface area contributed by atoms with Gasteiger partial charge in [-0.1, -0.05) is 13.8 Å². The second-order valence-corrected chi connectivity index (χ2v) is 7.70. The van der Waals surface area contributed by atoms with E-state index in [2.05, 4.69) is 19.2 Å². The smallest absolute Gasteiger partial charge is 0.412 e. The minimum Gasteiger partial charge on any atom is -0.508 e. The Bertz CT molecular complexity index is 590. The van der Waals surface area contributed by atoms with E-state index >= 15 is 0 Å². The molecule has 1 aliphatic carbocycles. The lowest BCUT2D eigenvalue weighted by Crippen LogP contribution is -2.30. The molecule has 4 N–H and O–H groups in total. The van der Waals surface area contributed by atoms with Gasteiger partial charge in [-0.25, -0.2) is 4.79 Å². The Balaban J connectivity index is 2.32. The Morgan fingerprint density at radius 3 is 2.45 bits per heavy atom. The van der Waals surface area contributed by atoms with Crippen LogP contribution in [0.1, 0.15) is 46.6 Å². The molecule has 2 rings (SSSR count). The third-order valence-corrected chi connectivity index (χ3v) is 4.42. The average molecular weight is 306 g/mol. The van der Waals surface area contributed by atoms with Crippen molar-refractivity contribution < 1.29 is 14.6 Å².